The highest BCUT2D eigenvalue weighted by molar-refractivity contribution is 5.79. The van der Waals surface area contributed by atoms with Crippen LogP contribution in [0.4, 0.5) is 4.39 Å². The maximum absolute atomic E-state index is 12.9. The van der Waals surface area contributed by atoms with Crippen molar-refractivity contribution < 1.29 is 13.9 Å². The van der Waals surface area contributed by atoms with E-state index in [4.69, 9.17) is 4.74 Å². The van der Waals surface area contributed by atoms with Crippen LogP contribution in [0.15, 0.2) is 47.4 Å². The molecule has 0 saturated heterocycles. The average Bonchev–Trinajstić information content (AvgIpc) is 2.91. The van der Waals surface area contributed by atoms with Crippen molar-refractivity contribution in [3.8, 4) is 0 Å². The van der Waals surface area contributed by atoms with E-state index in [0.717, 1.165) is 5.56 Å². The Morgan fingerprint density at radius 2 is 2.00 bits per heavy atom. The van der Waals surface area contributed by atoms with Crippen LogP contribution in [-0.4, -0.2) is 33.7 Å². The molecule has 3 rings (SSSR count). The van der Waals surface area contributed by atoms with Gasteiger partial charge in [0.05, 0.1) is 18.7 Å². The van der Waals surface area contributed by atoms with E-state index in [0.29, 0.717) is 24.3 Å². The number of carbonyl (C=O) groups is 1. The number of nitrogens with zero attached hydrogens (tertiary/aromatic N) is 3. The lowest BCUT2D eigenvalue weighted by Crippen LogP contribution is -2.33. The Bertz CT molecular complexity index is 963. The standard InChI is InChI=1S/C18H19FN4O3/c1-26-10-9-22-17-15(3-2-8-20-17)23(18(22)25)12-16(24)21-11-13-4-6-14(19)7-5-13/h2-8H,9-12H2,1H3,(H,21,24). The molecule has 136 valence electrons. The van der Waals surface area contributed by atoms with Crippen molar-refractivity contribution in [1.82, 2.24) is 19.4 Å². The predicted molar refractivity (Wildman–Crippen MR) is 94.1 cm³/mol. The Hall–Kier alpha value is -3.00. The summed E-state index contributed by atoms with van der Waals surface area (Å²) in [6.45, 7) is 0.857. The van der Waals surface area contributed by atoms with Gasteiger partial charge in [-0.15, -0.1) is 0 Å². The zero-order valence-electron chi connectivity index (χ0n) is 14.3. The number of imidazole rings is 1. The molecule has 2 aromatic heterocycles. The first-order valence-corrected chi connectivity index (χ1v) is 8.14. The fourth-order valence-corrected chi connectivity index (χ4v) is 2.69. The minimum Gasteiger partial charge on any atom is -0.383 e. The fourth-order valence-electron chi connectivity index (χ4n) is 2.69. The molecule has 0 atom stereocenters. The molecule has 3 aromatic rings. The second-order valence-corrected chi connectivity index (χ2v) is 5.76. The predicted octanol–water partition coefficient (Wildman–Crippen LogP) is 1.30. The largest absolute Gasteiger partial charge is 0.383 e. The maximum atomic E-state index is 12.9. The summed E-state index contributed by atoms with van der Waals surface area (Å²) in [5, 5.41) is 2.74. The summed E-state index contributed by atoms with van der Waals surface area (Å²) in [4.78, 5) is 29.2. The Morgan fingerprint density at radius 3 is 2.73 bits per heavy atom. The number of halogens is 1. The molecule has 8 heteroatoms. The van der Waals surface area contributed by atoms with E-state index < -0.39 is 0 Å². The third kappa shape index (κ3) is 3.80. The van der Waals surface area contributed by atoms with Crippen LogP contribution in [0.25, 0.3) is 11.2 Å². The van der Waals surface area contributed by atoms with Gasteiger partial charge in [0.2, 0.25) is 5.91 Å². The summed E-state index contributed by atoms with van der Waals surface area (Å²) in [5.41, 5.74) is 1.57. The van der Waals surface area contributed by atoms with E-state index in [2.05, 4.69) is 10.3 Å². The molecule has 1 N–H and O–H groups in total. The van der Waals surface area contributed by atoms with Crippen molar-refractivity contribution in [3.05, 3.63) is 64.5 Å². The lowest BCUT2D eigenvalue weighted by Gasteiger charge is -2.06. The van der Waals surface area contributed by atoms with Crippen molar-refractivity contribution in [2.45, 2.75) is 19.6 Å². The summed E-state index contributed by atoms with van der Waals surface area (Å²) in [6, 6.07) is 9.34. The molecule has 1 aromatic carbocycles. The highest BCUT2D eigenvalue weighted by Gasteiger charge is 2.16. The number of amides is 1. The average molecular weight is 358 g/mol. The van der Waals surface area contributed by atoms with Gasteiger partial charge in [0.1, 0.15) is 12.4 Å². The molecule has 0 aliphatic rings. The first kappa shape index (κ1) is 17.8. The van der Waals surface area contributed by atoms with Crippen LogP contribution < -0.4 is 11.0 Å². The van der Waals surface area contributed by atoms with Crippen LogP contribution in [0.3, 0.4) is 0 Å². The van der Waals surface area contributed by atoms with Gasteiger partial charge in [-0.1, -0.05) is 12.1 Å². The number of carbonyl (C=O) groups excluding carboxylic acids is 1. The molecule has 0 bridgehead atoms. The number of hydrogen-bond acceptors (Lipinski definition) is 4. The van der Waals surface area contributed by atoms with E-state index in [1.807, 2.05) is 0 Å². The number of ether oxygens (including phenoxy) is 1. The molecule has 2 heterocycles. The van der Waals surface area contributed by atoms with Gasteiger partial charge in [0.25, 0.3) is 0 Å². The van der Waals surface area contributed by atoms with Gasteiger partial charge in [-0.2, -0.15) is 0 Å². The Labute approximate surface area is 149 Å². The molecule has 1 amide bonds. The van der Waals surface area contributed by atoms with Crippen molar-refractivity contribution >= 4 is 17.1 Å². The zero-order chi connectivity index (χ0) is 18.5. The summed E-state index contributed by atoms with van der Waals surface area (Å²) < 4.78 is 20.8. The molecule has 26 heavy (non-hydrogen) atoms. The monoisotopic (exact) mass is 358 g/mol. The molecule has 0 radical (unpaired) electrons. The molecule has 0 aliphatic heterocycles. The van der Waals surface area contributed by atoms with Crippen LogP contribution in [0, 0.1) is 5.82 Å². The summed E-state index contributed by atoms with van der Waals surface area (Å²) in [7, 11) is 1.56. The van der Waals surface area contributed by atoms with Crippen LogP contribution in [-0.2, 0) is 29.2 Å². The van der Waals surface area contributed by atoms with Gasteiger partial charge in [-0.05, 0) is 29.8 Å². The highest BCUT2D eigenvalue weighted by atomic mass is 19.1. The lowest BCUT2D eigenvalue weighted by molar-refractivity contribution is -0.121. The minimum absolute atomic E-state index is 0.123. The van der Waals surface area contributed by atoms with Gasteiger partial charge < -0.3 is 10.1 Å². The van der Waals surface area contributed by atoms with E-state index in [1.165, 1.54) is 21.3 Å². The van der Waals surface area contributed by atoms with Crippen LogP contribution in [0.1, 0.15) is 5.56 Å². The molecule has 0 aliphatic carbocycles. The van der Waals surface area contributed by atoms with Crippen molar-refractivity contribution in [1.29, 1.82) is 0 Å². The Kier molecular flexibility index (Phi) is 5.43. The maximum Gasteiger partial charge on any atom is 0.330 e. The third-order valence-electron chi connectivity index (χ3n) is 4.00. The molecule has 0 fully saturated rings. The second-order valence-electron chi connectivity index (χ2n) is 5.76. The lowest BCUT2D eigenvalue weighted by atomic mass is 10.2. The van der Waals surface area contributed by atoms with Crippen molar-refractivity contribution in [2.75, 3.05) is 13.7 Å². The summed E-state index contributed by atoms with van der Waals surface area (Å²) in [6.07, 6.45) is 1.60. The third-order valence-corrected chi connectivity index (χ3v) is 4.00. The number of aromatic nitrogens is 3. The van der Waals surface area contributed by atoms with Gasteiger partial charge in [-0.3, -0.25) is 13.9 Å². The number of fused-ring (bicyclic) bond motifs is 1. The topological polar surface area (TPSA) is 78.1 Å². The van der Waals surface area contributed by atoms with E-state index in [9.17, 15) is 14.0 Å². The Morgan fingerprint density at radius 1 is 1.23 bits per heavy atom. The normalized spacial score (nSPS) is 11.0. The molecular weight excluding hydrogens is 339 g/mol. The molecule has 0 saturated carbocycles. The SMILES string of the molecule is COCCn1c(=O)n(CC(=O)NCc2ccc(F)cc2)c2cccnc21. The van der Waals surface area contributed by atoms with E-state index in [1.54, 1.807) is 37.6 Å². The molecule has 0 unspecified atom stereocenters. The van der Waals surface area contributed by atoms with Crippen LogP contribution >= 0.6 is 0 Å². The number of benzene rings is 1. The highest BCUT2D eigenvalue weighted by Crippen LogP contribution is 2.10. The van der Waals surface area contributed by atoms with Gasteiger partial charge in [-0.25, -0.2) is 14.2 Å². The summed E-state index contributed by atoms with van der Waals surface area (Å²) >= 11 is 0. The number of pyridine rings is 1. The molecule has 0 spiro atoms. The number of rotatable bonds is 7. The summed E-state index contributed by atoms with van der Waals surface area (Å²) in [5.74, 6) is -0.644. The smallest absolute Gasteiger partial charge is 0.330 e. The molecule has 7 nitrogen and oxygen atoms in total. The van der Waals surface area contributed by atoms with E-state index in [-0.39, 0.29) is 30.5 Å². The Balaban J connectivity index is 1.77. The van der Waals surface area contributed by atoms with Crippen molar-refractivity contribution in [3.63, 3.8) is 0 Å². The van der Waals surface area contributed by atoms with Crippen LogP contribution in [0.2, 0.25) is 0 Å². The van der Waals surface area contributed by atoms with Gasteiger partial charge in [0.15, 0.2) is 5.65 Å². The number of hydrogen-bond donors (Lipinski definition) is 1. The van der Waals surface area contributed by atoms with Gasteiger partial charge >= 0.3 is 5.69 Å². The fraction of sp³-hybridized carbons (Fsp3) is 0.278. The van der Waals surface area contributed by atoms with E-state index >= 15 is 0 Å². The number of nitrogens with one attached hydrogen (secondary N) is 1. The second kappa shape index (κ2) is 7.92. The van der Waals surface area contributed by atoms with Crippen molar-refractivity contribution in [2.24, 2.45) is 0 Å². The first-order valence-electron chi connectivity index (χ1n) is 8.14. The zero-order valence-corrected chi connectivity index (χ0v) is 14.3. The van der Waals surface area contributed by atoms with Gasteiger partial charge in [0, 0.05) is 19.9 Å². The number of methoxy groups -OCH3 is 1. The van der Waals surface area contributed by atoms with Crippen LogP contribution in [0.5, 0.6) is 0 Å². The quantitative estimate of drug-likeness (QED) is 0.691. The molecular formula is C18H19FN4O3. The first-order chi connectivity index (χ1) is 12.6. The minimum atomic E-state index is -0.331.